The summed E-state index contributed by atoms with van der Waals surface area (Å²) in [7, 11) is -4.32. The number of nitrogens with one attached hydrogen (secondary N) is 1. The smallest absolute Gasteiger partial charge is 0.264 e. The molecule has 1 N–H and O–H groups in total. The van der Waals surface area contributed by atoms with Gasteiger partial charge in [0.2, 0.25) is 11.8 Å². The van der Waals surface area contributed by atoms with Crippen LogP contribution in [-0.2, 0) is 26.2 Å². The lowest BCUT2D eigenvalue weighted by atomic mass is 10.1. The van der Waals surface area contributed by atoms with E-state index in [-0.39, 0.29) is 29.1 Å². The van der Waals surface area contributed by atoms with Gasteiger partial charge in [-0.3, -0.25) is 13.9 Å². The number of benzene rings is 3. The zero-order chi connectivity index (χ0) is 28.6. The number of amides is 2. The number of carbonyl (C=O) groups excluding carboxylic acids is 2. The molecule has 0 fully saturated rings. The van der Waals surface area contributed by atoms with Crippen LogP contribution in [0.4, 0.5) is 10.1 Å². The first kappa shape index (κ1) is 29.8. The number of anilines is 1. The fraction of sp³-hybridized carbons (Fsp3) is 0.333. The molecule has 2 atom stereocenters. The fourth-order valence-corrected chi connectivity index (χ4v) is 5.66. The molecular weight excluding hydrogens is 517 g/mol. The largest absolute Gasteiger partial charge is 0.352 e. The number of nitrogens with zero attached hydrogens (tertiary/aromatic N) is 2. The third kappa shape index (κ3) is 7.23. The highest BCUT2D eigenvalue weighted by Gasteiger charge is 2.34. The summed E-state index contributed by atoms with van der Waals surface area (Å²) in [5.74, 6) is -1.72. The lowest BCUT2D eigenvalue weighted by Gasteiger charge is -2.34. The zero-order valence-electron chi connectivity index (χ0n) is 22.8. The van der Waals surface area contributed by atoms with Crippen molar-refractivity contribution in [3.8, 4) is 0 Å². The molecule has 9 heteroatoms. The van der Waals surface area contributed by atoms with E-state index in [0.29, 0.717) is 12.8 Å². The Labute approximate surface area is 230 Å². The third-order valence-corrected chi connectivity index (χ3v) is 8.49. The first-order valence-corrected chi connectivity index (χ1v) is 14.5. The van der Waals surface area contributed by atoms with E-state index >= 15 is 0 Å². The van der Waals surface area contributed by atoms with Gasteiger partial charge in [-0.25, -0.2) is 12.8 Å². The van der Waals surface area contributed by atoms with Crippen molar-refractivity contribution in [1.29, 1.82) is 0 Å². The molecule has 0 aromatic heterocycles. The number of hydrogen-bond acceptors (Lipinski definition) is 4. The van der Waals surface area contributed by atoms with Gasteiger partial charge in [0.1, 0.15) is 18.4 Å². The van der Waals surface area contributed by atoms with Crippen molar-refractivity contribution in [2.75, 3.05) is 10.8 Å². The Kier molecular flexibility index (Phi) is 10.2. The fourth-order valence-electron chi connectivity index (χ4n) is 4.22. The van der Waals surface area contributed by atoms with Crippen molar-refractivity contribution in [3.63, 3.8) is 0 Å². The van der Waals surface area contributed by atoms with Gasteiger partial charge in [-0.1, -0.05) is 68.4 Å². The zero-order valence-corrected chi connectivity index (χ0v) is 23.6. The van der Waals surface area contributed by atoms with E-state index in [9.17, 15) is 22.4 Å². The lowest BCUT2D eigenvalue weighted by Crippen LogP contribution is -2.53. The van der Waals surface area contributed by atoms with E-state index < -0.39 is 34.3 Å². The maximum Gasteiger partial charge on any atom is 0.264 e. The lowest BCUT2D eigenvalue weighted by molar-refractivity contribution is -0.140. The molecule has 0 saturated carbocycles. The molecule has 208 valence electrons. The Hall–Kier alpha value is -3.72. The Morgan fingerprint density at radius 3 is 2.13 bits per heavy atom. The van der Waals surface area contributed by atoms with Crippen LogP contribution in [0.25, 0.3) is 0 Å². The minimum Gasteiger partial charge on any atom is -0.352 e. The molecule has 0 heterocycles. The van der Waals surface area contributed by atoms with Gasteiger partial charge in [-0.15, -0.1) is 0 Å². The summed E-state index contributed by atoms with van der Waals surface area (Å²) < 4.78 is 43.2. The first-order valence-electron chi connectivity index (χ1n) is 13.1. The second kappa shape index (κ2) is 13.4. The van der Waals surface area contributed by atoms with E-state index in [1.807, 2.05) is 45.0 Å². The predicted molar refractivity (Wildman–Crippen MR) is 151 cm³/mol. The van der Waals surface area contributed by atoms with Gasteiger partial charge >= 0.3 is 0 Å². The monoisotopic (exact) mass is 553 g/mol. The summed E-state index contributed by atoms with van der Waals surface area (Å²) in [6.45, 7) is 6.94. The summed E-state index contributed by atoms with van der Waals surface area (Å²) >= 11 is 0. The van der Waals surface area contributed by atoms with Crippen molar-refractivity contribution in [2.24, 2.45) is 0 Å². The Bertz CT molecular complexity index is 1380. The molecule has 7 nitrogen and oxygen atoms in total. The van der Waals surface area contributed by atoms with Gasteiger partial charge in [-0.2, -0.15) is 0 Å². The number of sulfonamides is 1. The topological polar surface area (TPSA) is 86.8 Å². The summed E-state index contributed by atoms with van der Waals surface area (Å²) in [6, 6.07) is 19.5. The Morgan fingerprint density at radius 1 is 0.897 bits per heavy atom. The molecule has 39 heavy (non-hydrogen) atoms. The van der Waals surface area contributed by atoms with Crippen molar-refractivity contribution in [1.82, 2.24) is 10.2 Å². The predicted octanol–water partition coefficient (Wildman–Crippen LogP) is 5.05. The van der Waals surface area contributed by atoms with Crippen molar-refractivity contribution in [2.45, 2.75) is 64.1 Å². The van der Waals surface area contributed by atoms with Crippen molar-refractivity contribution < 1.29 is 22.4 Å². The summed E-state index contributed by atoms with van der Waals surface area (Å²) in [5.41, 5.74) is 1.50. The Balaban J connectivity index is 2.07. The first-order chi connectivity index (χ1) is 18.6. The van der Waals surface area contributed by atoms with E-state index in [0.717, 1.165) is 21.5 Å². The van der Waals surface area contributed by atoms with E-state index in [1.54, 1.807) is 25.1 Å². The minimum absolute atomic E-state index is 0.0759. The molecule has 0 aliphatic heterocycles. The van der Waals surface area contributed by atoms with Crippen molar-refractivity contribution in [3.05, 3.63) is 95.8 Å². The van der Waals surface area contributed by atoms with Gasteiger partial charge in [0.05, 0.1) is 10.6 Å². The third-order valence-electron chi connectivity index (χ3n) is 6.72. The van der Waals surface area contributed by atoms with Crippen LogP contribution in [0.2, 0.25) is 0 Å². The standard InChI is InChI=1S/C30H36FN3O4S/c1-5-23(4)32-30(36)27(6-2)33(20-24-15-11-10-14-22(24)3)29(35)21-34(28-19-13-12-18-26(28)31)39(37,38)25-16-8-7-9-17-25/h7-19,23,27H,5-6,20-21H2,1-4H3,(H,32,36). The minimum atomic E-state index is -4.32. The van der Waals surface area contributed by atoms with E-state index in [4.69, 9.17) is 0 Å². The number of para-hydroxylation sites is 1. The molecule has 2 amide bonds. The highest BCUT2D eigenvalue weighted by molar-refractivity contribution is 7.92. The maximum atomic E-state index is 15.0. The molecule has 0 aliphatic rings. The highest BCUT2D eigenvalue weighted by Crippen LogP contribution is 2.27. The van der Waals surface area contributed by atoms with Crippen LogP contribution in [0.1, 0.15) is 44.7 Å². The highest BCUT2D eigenvalue weighted by atomic mass is 32.2. The van der Waals surface area contributed by atoms with Crippen molar-refractivity contribution >= 4 is 27.5 Å². The SMILES string of the molecule is CCC(C)NC(=O)C(CC)N(Cc1ccccc1C)C(=O)CN(c1ccccc1F)S(=O)(=O)c1ccccc1. The molecule has 0 aliphatic carbocycles. The number of aryl methyl sites for hydroxylation is 1. The molecule has 0 saturated heterocycles. The number of halogens is 1. The van der Waals surface area contributed by atoms with Crippen LogP contribution in [0, 0.1) is 12.7 Å². The van der Waals surface area contributed by atoms with Gasteiger partial charge in [0, 0.05) is 12.6 Å². The van der Waals surface area contributed by atoms with Crippen LogP contribution >= 0.6 is 0 Å². The molecule has 0 radical (unpaired) electrons. The van der Waals surface area contributed by atoms with Crippen LogP contribution in [0.3, 0.4) is 0 Å². The van der Waals surface area contributed by atoms with Crippen LogP contribution < -0.4 is 9.62 Å². The normalized spacial score (nSPS) is 12.8. The average Bonchev–Trinajstić information content (AvgIpc) is 2.93. The second-order valence-corrected chi connectivity index (χ2v) is 11.3. The van der Waals surface area contributed by atoms with E-state index in [1.165, 1.54) is 35.2 Å². The van der Waals surface area contributed by atoms with E-state index in [2.05, 4.69) is 5.32 Å². The van der Waals surface area contributed by atoms with Gasteiger partial charge < -0.3 is 10.2 Å². The van der Waals surface area contributed by atoms with Gasteiger partial charge in [0.25, 0.3) is 10.0 Å². The quantitative estimate of drug-likeness (QED) is 0.340. The number of carbonyl (C=O) groups is 2. The summed E-state index contributed by atoms with van der Waals surface area (Å²) in [5, 5.41) is 2.94. The summed E-state index contributed by atoms with van der Waals surface area (Å²) in [6.07, 6.45) is 1.02. The molecule has 3 aromatic carbocycles. The van der Waals surface area contributed by atoms with Gasteiger partial charge in [-0.05, 0) is 62.1 Å². The molecule has 0 bridgehead atoms. The molecule has 3 aromatic rings. The molecule has 3 rings (SSSR count). The second-order valence-electron chi connectivity index (χ2n) is 9.47. The summed E-state index contributed by atoms with van der Waals surface area (Å²) in [4.78, 5) is 28.6. The molecule has 0 spiro atoms. The molecule has 2 unspecified atom stereocenters. The molecular formula is C30H36FN3O4S. The maximum absolute atomic E-state index is 15.0. The van der Waals surface area contributed by atoms with Crippen LogP contribution in [-0.4, -0.2) is 43.8 Å². The number of hydrogen-bond donors (Lipinski definition) is 1. The van der Waals surface area contributed by atoms with Crippen LogP contribution in [0.5, 0.6) is 0 Å². The van der Waals surface area contributed by atoms with Crippen LogP contribution in [0.15, 0.2) is 83.8 Å². The number of rotatable bonds is 12. The average molecular weight is 554 g/mol. The Morgan fingerprint density at radius 2 is 1.51 bits per heavy atom. The van der Waals surface area contributed by atoms with Gasteiger partial charge in [0.15, 0.2) is 0 Å².